The highest BCUT2D eigenvalue weighted by Crippen LogP contribution is 2.38. The molecule has 0 heterocycles. The van der Waals surface area contributed by atoms with E-state index in [0.717, 1.165) is 49.2 Å². The maximum Gasteiger partial charge on any atom is 0.134 e. The summed E-state index contributed by atoms with van der Waals surface area (Å²) in [5.74, 6) is 2.14. The van der Waals surface area contributed by atoms with Crippen molar-refractivity contribution in [1.82, 2.24) is 0 Å². The third kappa shape index (κ3) is 7.40. The minimum Gasteiger partial charge on any atom is -0.384 e. The van der Waals surface area contributed by atoms with Gasteiger partial charge in [0.1, 0.15) is 11.6 Å². The van der Waals surface area contributed by atoms with Gasteiger partial charge < -0.3 is 4.74 Å². The van der Waals surface area contributed by atoms with Crippen LogP contribution in [-0.4, -0.2) is 13.7 Å². The monoisotopic (exact) mass is 496 g/mol. The largest absolute Gasteiger partial charge is 0.384 e. The maximum absolute atomic E-state index is 15.0. The van der Waals surface area contributed by atoms with Crippen LogP contribution < -0.4 is 0 Å². The standard InChI is InChI=1S/C33H46F2O/c1-3-6-24-13-15-28(16-14-24)29-17-19-30(20-18-29)33-31(34)21-27(22-32(33)35)8-5-4-7-25-9-11-26(12-10-25)23-36-2/h17-22,24-26,28H,3-16,23H2,1-2H3. The molecule has 2 aliphatic carbocycles. The van der Waals surface area contributed by atoms with E-state index in [1.807, 2.05) is 12.1 Å². The van der Waals surface area contributed by atoms with E-state index in [-0.39, 0.29) is 5.56 Å². The molecule has 2 saturated carbocycles. The molecule has 198 valence electrons. The summed E-state index contributed by atoms with van der Waals surface area (Å²) in [6.45, 7) is 3.16. The van der Waals surface area contributed by atoms with Gasteiger partial charge >= 0.3 is 0 Å². The van der Waals surface area contributed by atoms with Crippen LogP contribution in [0.25, 0.3) is 11.1 Å². The van der Waals surface area contributed by atoms with Crippen molar-refractivity contribution in [3.8, 4) is 11.1 Å². The lowest BCUT2D eigenvalue weighted by Crippen LogP contribution is -2.18. The van der Waals surface area contributed by atoms with Gasteiger partial charge in [-0.15, -0.1) is 0 Å². The topological polar surface area (TPSA) is 9.23 Å². The fourth-order valence-electron chi connectivity index (χ4n) is 6.85. The lowest BCUT2D eigenvalue weighted by molar-refractivity contribution is 0.117. The van der Waals surface area contributed by atoms with Gasteiger partial charge in [0.25, 0.3) is 0 Å². The van der Waals surface area contributed by atoms with Crippen molar-refractivity contribution in [3.05, 3.63) is 59.2 Å². The van der Waals surface area contributed by atoms with Crippen LogP contribution in [0, 0.1) is 29.4 Å². The number of ether oxygens (including phenoxy) is 1. The van der Waals surface area contributed by atoms with Gasteiger partial charge in [-0.2, -0.15) is 0 Å². The van der Waals surface area contributed by atoms with Gasteiger partial charge in [-0.25, -0.2) is 8.78 Å². The first kappa shape index (κ1) is 27.3. The van der Waals surface area contributed by atoms with Crippen molar-refractivity contribution in [1.29, 1.82) is 0 Å². The van der Waals surface area contributed by atoms with Gasteiger partial charge in [-0.3, -0.25) is 0 Å². The highest BCUT2D eigenvalue weighted by atomic mass is 19.1. The molecule has 0 atom stereocenters. The van der Waals surface area contributed by atoms with Crippen LogP contribution >= 0.6 is 0 Å². The predicted molar refractivity (Wildman–Crippen MR) is 146 cm³/mol. The second-order valence-corrected chi connectivity index (χ2v) is 11.7. The molecule has 3 heteroatoms. The minimum absolute atomic E-state index is 0.116. The lowest BCUT2D eigenvalue weighted by atomic mass is 9.77. The fourth-order valence-corrected chi connectivity index (χ4v) is 6.85. The molecule has 0 unspecified atom stereocenters. The first-order chi connectivity index (χ1) is 17.6. The van der Waals surface area contributed by atoms with Crippen LogP contribution in [0.2, 0.25) is 0 Å². The predicted octanol–water partition coefficient (Wildman–Crippen LogP) is 9.87. The Morgan fingerprint density at radius 2 is 1.33 bits per heavy atom. The van der Waals surface area contributed by atoms with E-state index in [9.17, 15) is 0 Å². The molecule has 4 rings (SSSR count). The Kier molecular flexibility index (Phi) is 10.4. The van der Waals surface area contributed by atoms with Crippen LogP contribution in [0.15, 0.2) is 36.4 Å². The Labute approximate surface area is 218 Å². The van der Waals surface area contributed by atoms with Crippen LogP contribution in [0.1, 0.15) is 107 Å². The summed E-state index contributed by atoms with van der Waals surface area (Å²) in [7, 11) is 1.79. The molecule has 2 aromatic carbocycles. The van der Waals surface area contributed by atoms with E-state index >= 15 is 8.78 Å². The van der Waals surface area contributed by atoms with Crippen molar-refractivity contribution in [2.24, 2.45) is 17.8 Å². The molecule has 2 aromatic rings. The summed E-state index contributed by atoms with van der Waals surface area (Å²) in [5.41, 5.74) is 2.85. The Hall–Kier alpha value is -1.74. The molecule has 0 aromatic heterocycles. The Morgan fingerprint density at radius 3 is 1.94 bits per heavy atom. The molecule has 36 heavy (non-hydrogen) atoms. The number of hydrogen-bond donors (Lipinski definition) is 0. The van der Waals surface area contributed by atoms with Gasteiger partial charge in [0, 0.05) is 13.7 Å². The first-order valence-electron chi connectivity index (χ1n) is 14.6. The molecule has 0 aliphatic heterocycles. The average molecular weight is 497 g/mol. The average Bonchev–Trinajstić information content (AvgIpc) is 2.88. The SMILES string of the molecule is CCCC1CCC(c2ccc(-c3c(F)cc(CCCCC4CCC(COC)CC4)cc3F)cc2)CC1. The number of halogens is 2. The van der Waals surface area contributed by atoms with Crippen molar-refractivity contribution < 1.29 is 13.5 Å². The summed E-state index contributed by atoms with van der Waals surface area (Å²) >= 11 is 0. The molecule has 0 amide bonds. The van der Waals surface area contributed by atoms with Crippen LogP contribution in [0.5, 0.6) is 0 Å². The molecular formula is C33H46F2O. The highest BCUT2D eigenvalue weighted by Gasteiger charge is 2.23. The molecule has 0 saturated heterocycles. The molecule has 0 radical (unpaired) electrons. The van der Waals surface area contributed by atoms with Gasteiger partial charge in [0.15, 0.2) is 0 Å². The van der Waals surface area contributed by atoms with E-state index in [1.54, 1.807) is 19.2 Å². The zero-order chi connectivity index (χ0) is 25.3. The summed E-state index contributed by atoms with van der Waals surface area (Å²) in [4.78, 5) is 0. The van der Waals surface area contributed by atoms with Gasteiger partial charge in [-0.05, 0) is 104 Å². The number of aryl methyl sites for hydroxylation is 1. The molecular weight excluding hydrogens is 450 g/mol. The van der Waals surface area contributed by atoms with Gasteiger partial charge in [0.05, 0.1) is 5.56 Å². The smallest absolute Gasteiger partial charge is 0.134 e. The molecule has 1 nitrogen and oxygen atoms in total. The Bertz CT molecular complexity index is 898. The minimum atomic E-state index is -0.436. The van der Waals surface area contributed by atoms with Gasteiger partial charge in [0.2, 0.25) is 0 Å². The maximum atomic E-state index is 15.0. The first-order valence-corrected chi connectivity index (χ1v) is 14.6. The highest BCUT2D eigenvalue weighted by molar-refractivity contribution is 5.65. The summed E-state index contributed by atoms with van der Waals surface area (Å²) in [6.07, 6.45) is 16.9. The Balaban J connectivity index is 1.27. The van der Waals surface area contributed by atoms with Crippen molar-refractivity contribution in [2.75, 3.05) is 13.7 Å². The van der Waals surface area contributed by atoms with E-state index in [2.05, 4.69) is 19.1 Å². The second kappa shape index (κ2) is 13.7. The van der Waals surface area contributed by atoms with Crippen LogP contribution in [0.3, 0.4) is 0 Å². The molecule has 2 fully saturated rings. The van der Waals surface area contributed by atoms with E-state index in [1.165, 1.54) is 76.2 Å². The number of hydrogen-bond acceptors (Lipinski definition) is 1. The number of unbranched alkanes of at least 4 members (excludes halogenated alkanes) is 1. The lowest BCUT2D eigenvalue weighted by Gasteiger charge is -2.28. The molecule has 0 spiro atoms. The summed E-state index contributed by atoms with van der Waals surface area (Å²) < 4.78 is 35.3. The number of rotatable bonds is 11. The molecule has 0 N–H and O–H groups in total. The van der Waals surface area contributed by atoms with Crippen molar-refractivity contribution in [2.45, 2.75) is 103 Å². The normalized spacial score (nSPS) is 24.7. The third-order valence-electron chi connectivity index (χ3n) is 9.01. The zero-order valence-electron chi connectivity index (χ0n) is 22.5. The number of methoxy groups -OCH3 is 1. The van der Waals surface area contributed by atoms with Crippen LogP contribution in [-0.2, 0) is 11.2 Å². The molecule has 2 aliphatic rings. The van der Waals surface area contributed by atoms with E-state index in [0.29, 0.717) is 11.5 Å². The van der Waals surface area contributed by atoms with E-state index in [4.69, 9.17) is 4.74 Å². The van der Waals surface area contributed by atoms with Crippen LogP contribution in [0.4, 0.5) is 8.78 Å². The van der Waals surface area contributed by atoms with Crippen molar-refractivity contribution in [3.63, 3.8) is 0 Å². The second-order valence-electron chi connectivity index (χ2n) is 11.7. The fraction of sp³-hybridized carbons (Fsp3) is 0.636. The summed E-state index contributed by atoms with van der Waals surface area (Å²) in [5, 5.41) is 0. The quantitative estimate of drug-likeness (QED) is 0.281. The zero-order valence-corrected chi connectivity index (χ0v) is 22.5. The van der Waals surface area contributed by atoms with Crippen molar-refractivity contribution >= 4 is 0 Å². The summed E-state index contributed by atoms with van der Waals surface area (Å²) in [6, 6.07) is 11.1. The molecule has 0 bridgehead atoms. The Morgan fingerprint density at radius 1 is 0.750 bits per heavy atom. The van der Waals surface area contributed by atoms with E-state index < -0.39 is 11.6 Å². The van der Waals surface area contributed by atoms with Gasteiger partial charge in [-0.1, -0.05) is 69.7 Å². The third-order valence-corrected chi connectivity index (χ3v) is 9.01. The number of benzene rings is 2.